The summed E-state index contributed by atoms with van der Waals surface area (Å²) in [5.74, 6) is -0.0239. The zero-order chi connectivity index (χ0) is 23.3. The third-order valence-electron chi connectivity index (χ3n) is 5.03. The number of hydrogen-bond donors (Lipinski definition) is 1. The van der Waals surface area contributed by atoms with E-state index in [1.807, 2.05) is 24.3 Å². The Labute approximate surface area is 191 Å². The van der Waals surface area contributed by atoms with Crippen LogP contribution in [0.25, 0.3) is 5.69 Å². The van der Waals surface area contributed by atoms with Crippen LogP contribution < -0.4 is 10.1 Å². The number of ether oxygens (including phenoxy) is 2. The minimum absolute atomic E-state index is 0.0230. The number of rotatable bonds is 8. The van der Waals surface area contributed by atoms with Crippen molar-refractivity contribution in [3.63, 3.8) is 0 Å². The number of sulfonamides is 1. The first-order valence-electron chi connectivity index (χ1n) is 10.4. The van der Waals surface area contributed by atoms with Crippen molar-refractivity contribution in [1.82, 2.24) is 24.5 Å². The Hall–Kier alpha value is -3.35. The van der Waals surface area contributed by atoms with E-state index in [0.29, 0.717) is 25.5 Å². The van der Waals surface area contributed by atoms with Gasteiger partial charge in [-0.05, 0) is 53.2 Å². The maximum absolute atomic E-state index is 13.2. The maximum Gasteiger partial charge on any atom is 0.246 e. The van der Waals surface area contributed by atoms with Gasteiger partial charge >= 0.3 is 0 Å². The van der Waals surface area contributed by atoms with Gasteiger partial charge in [0.25, 0.3) is 0 Å². The van der Waals surface area contributed by atoms with Crippen molar-refractivity contribution in [2.24, 2.45) is 0 Å². The first-order valence-corrected chi connectivity index (χ1v) is 11.9. The summed E-state index contributed by atoms with van der Waals surface area (Å²) >= 11 is 0. The number of aromatic nitrogens is 4. The molecule has 1 saturated heterocycles. The SMILES string of the molecule is CCOc1ccc(NC(=O)Cc2ccc(-n3cnnn3)cc2)cc1S(=O)(=O)N1CCOCC1. The Morgan fingerprint density at radius 2 is 1.91 bits per heavy atom. The number of nitrogens with zero attached hydrogens (tertiary/aromatic N) is 5. The summed E-state index contributed by atoms with van der Waals surface area (Å²) in [6, 6.07) is 11.9. The van der Waals surface area contributed by atoms with Crippen LogP contribution in [0, 0.1) is 0 Å². The molecule has 3 aromatic rings. The van der Waals surface area contributed by atoms with Crippen molar-refractivity contribution in [2.45, 2.75) is 18.2 Å². The van der Waals surface area contributed by atoms with Crippen LogP contribution in [0.4, 0.5) is 5.69 Å². The van der Waals surface area contributed by atoms with Crippen LogP contribution in [-0.4, -0.2) is 71.7 Å². The normalized spacial score (nSPS) is 14.7. The van der Waals surface area contributed by atoms with E-state index in [2.05, 4.69) is 20.8 Å². The lowest BCUT2D eigenvalue weighted by molar-refractivity contribution is -0.115. The van der Waals surface area contributed by atoms with Crippen LogP contribution in [-0.2, 0) is 26.0 Å². The number of benzene rings is 2. The van der Waals surface area contributed by atoms with Gasteiger partial charge in [0.05, 0.1) is 31.9 Å². The number of nitrogens with one attached hydrogen (secondary N) is 1. The van der Waals surface area contributed by atoms with Gasteiger partial charge in [0.15, 0.2) is 0 Å². The van der Waals surface area contributed by atoms with Gasteiger partial charge in [-0.3, -0.25) is 4.79 Å². The van der Waals surface area contributed by atoms with Gasteiger partial charge in [-0.2, -0.15) is 4.31 Å². The van der Waals surface area contributed by atoms with Crippen molar-refractivity contribution in [3.05, 3.63) is 54.4 Å². The molecule has 1 aliphatic rings. The summed E-state index contributed by atoms with van der Waals surface area (Å²) in [6.07, 6.45) is 1.60. The van der Waals surface area contributed by atoms with E-state index in [1.54, 1.807) is 19.1 Å². The minimum atomic E-state index is -3.80. The molecule has 1 N–H and O–H groups in total. The monoisotopic (exact) mass is 472 g/mol. The lowest BCUT2D eigenvalue weighted by atomic mass is 10.1. The molecule has 0 atom stereocenters. The average molecular weight is 473 g/mol. The predicted octanol–water partition coefficient (Wildman–Crippen LogP) is 1.26. The van der Waals surface area contributed by atoms with Crippen molar-refractivity contribution in [1.29, 1.82) is 0 Å². The molecule has 0 saturated carbocycles. The molecule has 1 aromatic heterocycles. The summed E-state index contributed by atoms with van der Waals surface area (Å²) in [6.45, 7) is 3.32. The summed E-state index contributed by atoms with van der Waals surface area (Å²) < 4.78 is 40.1. The molecule has 2 aromatic carbocycles. The highest BCUT2D eigenvalue weighted by Gasteiger charge is 2.29. The van der Waals surface area contributed by atoms with E-state index >= 15 is 0 Å². The molecule has 33 heavy (non-hydrogen) atoms. The Kier molecular flexibility index (Phi) is 6.96. The topological polar surface area (TPSA) is 129 Å². The van der Waals surface area contributed by atoms with E-state index < -0.39 is 10.0 Å². The smallest absolute Gasteiger partial charge is 0.246 e. The molecule has 4 rings (SSSR count). The third kappa shape index (κ3) is 5.35. The molecule has 0 bridgehead atoms. The number of morpholine rings is 1. The fourth-order valence-electron chi connectivity index (χ4n) is 3.42. The van der Waals surface area contributed by atoms with Gasteiger partial charge in [-0.25, -0.2) is 13.1 Å². The minimum Gasteiger partial charge on any atom is -0.492 e. The van der Waals surface area contributed by atoms with E-state index in [1.165, 1.54) is 21.4 Å². The van der Waals surface area contributed by atoms with Crippen LogP contribution in [0.2, 0.25) is 0 Å². The number of carbonyl (C=O) groups is 1. The molecule has 1 fully saturated rings. The fourth-order valence-corrected chi connectivity index (χ4v) is 4.99. The van der Waals surface area contributed by atoms with Gasteiger partial charge < -0.3 is 14.8 Å². The standard InChI is InChI=1S/C21H24N6O5S/c1-2-32-19-8-5-17(14-20(19)33(29,30)26-9-11-31-12-10-26)23-21(28)13-16-3-6-18(7-4-16)27-15-22-24-25-27/h3-8,14-15H,2,9-13H2,1H3,(H,23,28). The molecule has 0 spiro atoms. The highest BCUT2D eigenvalue weighted by molar-refractivity contribution is 7.89. The van der Waals surface area contributed by atoms with Crippen molar-refractivity contribution in [3.8, 4) is 11.4 Å². The van der Waals surface area contributed by atoms with Gasteiger partial charge in [0.1, 0.15) is 17.0 Å². The lowest BCUT2D eigenvalue weighted by Crippen LogP contribution is -2.40. The van der Waals surface area contributed by atoms with E-state index in [9.17, 15) is 13.2 Å². The second-order valence-electron chi connectivity index (χ2n) is 7.26. The summed E-state index contributed by atoms with van der Waals surface area (Å²) in [7, 11) is -3.80. The molecule has 2 heterocycles. The van der Waals surface area contributed by atoms with Crippen molar-refractivity contribution in [2.75, 3.05) is 38.2 Å². The molecule has 0 unspecified atom stereocenters. The molecular formula is C21H24N6O5S. The zero-order valence-corrected chi connectivity index (χ0v) is 18.9. The number of anilines is 1. The molecule has 0 aliphatic carbocycles. The van der Waals surface area contributed by atoms with Crippen LogP contribution in [0.15, 0.2) is 53.7 Å². The molecule has 12 heteroatoms. The molecule has 0 radical (unpaired) electrons. The van der Waals surface area contributed by atoms with E-state index in [0.717, 1.165) is 11.3 Å². The first-order chi connectivity index (χ1) is 16.0. The Bertz CT molecular complexity index is 1190. The zero-order valence-electron chi connectivity index (χ0n) is 18.0. The number of hydrogen-bond acceptors (Lipinski definition) is 8. The number of amides is 1. The molecule has 1 amide bonds. The second kappa shape index (κ2) is 10.1. The third-order valence-corrected chi connectivity index (χ3v) is 6.95. The summed E-state index contributed by atoms with van der Waals surface area (Å²) in [5, 5.41) is 13.8. The number of carbonyl (C=O) groups excluding carboxylic acids is 1. The van der Waals surface area contributed by atoms with Gasteiger partial charge in [0.2, 0.25) is 15.9 Å². The van der Waals surface area contributed by atoms with Crippen LogP contribution in [0.3, 0.4) is 0 Å². The van der Waals surface area contributed by atoms with Gasteiger partial charge in [0, 0.05) is 18.8 Å². The molecular weight excluding hydrogens is 448 g/mol. The highest BCUT2D eigenvalue weighted by atomic mass is 32.2. The Balaban J connectivity index is 1.49. The number of tetrazole rings is 1. The molecule has 174 valence electrons. The molecule has 11 nitrogen and oxygen atoms in total. The van der Waals surface area contributed by atoms with Gasteiger partial charge in [-0.15, -0.1) is 5.10 Å². The quantitative estimate of drug-likeness (QED) is 0.519. The molecule has 1 aliphatic heterocycles. The highest BCUT2D eigenvalue weighted by Crippen LogP contribution is 2.30. The predicted molar refractivity (Wildman–Crippen MR) is 119 cm³/mol. The van der Waals surface area contributed by atoms with Crippen molar-refractivity contribution >= 4 is 21.6 Å². The van der Waals surface area contributed by atoms with E-state index in [4.69, 9.17) is 9.47 Å². The Morgan fingerprint density at radius 1 is 1.15 bits per heavy atom. The van der Waals surface area contributed by atoms with E-state index in [-0.39, 0.29) is 36.1 Å². The fraction of sp³-hybridized carbons (Fsp3) is 0.333. The Morgan fingerprint density at radius 3 is 2.58 bits per heavy atom. The average Bonchev–Trinajstić information content (AvgIpc) is 3.36. The lowest BCUT2D eigenvalue weighted by Gasteiger charge is -2.27. The van der Waals surface area contributed by atoms with Crippen LogP contribution in [0.5, 0.6) is 5.75 Å². The summed E-state index contributed by atoms with van der Waals surface area (Å²) in [5.41, 5.74) is 1.94. The summed E-state index contributed by atoms with van der Waals surface area (Å²) in [4.78, 5) is 12.6. The van der Waals surface area contributed by atoms with Crippen molar-refractivity contribution < 1.29 is 22.7 Å². The second-order valence-corrected chi connectivity index (χ2v) is 9.16. The van der Waals surface area contributed by atoms with Crippen LogP contribution >= 0.6 is 0 Å². The first kappa shape index (κ1) is 22.8. The largest absolute Gasteiger partial charge is 0.492 e. The van der Waals surface area contributed by atoms with Gasteiger partial charge in [-0.1, -0.05) is 12.1 Å². The van der Waals surface area contributed by atoms with Crippen LogP contribution in [0.1, 0.15) is 12.5 Å². The maximum atomic E-state index is 13.2.